The standard InChI is InChI=1S/C19H27FN2O/c1-2-17(14-22-11-4-3-5-12-22)21-18(23)19(9-10-19)15-7-6-8-16(20)13-15/h6-8,13,17H,2-5,9-12,14H2,1H3,(H,21,23)/t17-/m1/s1. The first-order valence-corrected chi connectivity index (χ1v) is 8.93. The van der Waals surface area contributed by atoms with Crippen molar-refractivity contribution in [3.63, 3.8) is 0 Å². The summed E-state index contributed by atoms with van der Waals surface area (Å²) < 4.78 is 13.5. The Morgan fingerprint density at radius 2 is 2.04 bits per heavy atom. The molecule has 0 unspecified atom stereocenters. The van der Waals surface area contributed by atoms with Gasteiger partial charge in [-0.05, 0) is 62.9 Å². The minimum absolute atomic E-state index is 0.0759. The van der Waals surface area contributed by atoms with E-state index in [1.54, 1.807) is 6.07 Å². The predicted molar refractivity (Wildman–Crippen MR) is 89.8 cm³/mol. The van der Waals surface area contributed by atoms with Crippen LogP contribution in [0, 0.1) is 5.82 Å². The van der Waals surface area contributed by atoms with Gasteiger partial charge in [0.15, 0.2) is 0 Å². The lowest BCUT2D eigenvalue weighted by Gasteiger charge is -2.31. The lowest BCUT2D eigenvalue weighted by molar-refractivity contribution is -0.124. The molecule has 1 aromatic carbocycles. The fourth-order valence-electron chi connectivity index (χ4n) is 3.61. The second-order valence-electron chi connectivity index (χ2n) is 7.03. The molecule has 1 amide bonds. The van der Waals surface area contributed by atoms with Gasteiger partial charge in [-0.2, -0.15) is 0 Å². The van der Waals surface area contributed by atoms with Gasteiger partial charge in [0.05, 0.1) is 5.41 Å². The number of hydrogen-bond donors (Lipinski definition) is 1. The number of rotatable bonds is 6. The highest BCUT2D eigenvalue weighted by atomic mass is 19.1. The van der Waals surface area contributed by atoms with Crippen LogP contribution in [-0.4, -0.2) is 36.5 Å². The van der Waals surface area contributed by atoms with Crippen LogP contribution in [0.2, 0.25) is 0 Å². The van der Waals surface area contributed by atoms with Gasteiger partial charge < -0.3 is 10.2 Å². The molecule has 1 saturated carbocycles. The molecule has 1 saturated heterocycles. The van der Waals surface area contributed by atoms with E-state index >= 15 is 0 Å². The molecule has 3 nitrogen and oxygen atoms in total. The molecule has 126 valence electrons. The van der Waals surface area contributed by atoms with Crippen molar-refractivity contribution in [2.75, 3.05) is 19.6 Å². The summed E-state index contributed by atoms with van der Waals surface area (Å²) >= 11 is 0. The van der Waals surface area contributed by atoms with Crippen LogP contribution in [0.15, 0.2) is 24.3 Å². The summed E-state index contributed by atoms with van der Waals surface area (Å²) in [6.07, 6.45) is 6.42. The molecule has 1 N–H and O–H groups in total. The lowest BCUT2D eigenvalue weighted by atomic mass is 9.94. The molecule has 1 atom stereocenters. The van der Waals surface area contributed by atoms with E-state index in [1.807, 2.05) is 6.07 Å². The van der Waals surface area contributed by atoms with E-state index in [4.69, 9.17) is 0 Å². The molecular formula is C19H27FN2O. The molecule has 1 aromatic rings. The van der Waals surface area contributed by atoms with Crippen molar-refractivity contribution in [3.8, 4) is 0 Å². The maximum atomic E-state index is 13.5. The molecule has 1 heterocycles. The highest BCUT2D eigenvalue weighted by Gasteiger charge is 2.51. The summed E-state index contributed by atoms with van der Waals surface area (Å²) in [6.45, 7) is 5.33. The zero-order valence-electron chi connectivity index (χ0n) is 14.0. The zero-order valence-corrected chi connectivity index (χ0v) is 14.0. The number of carbonyl (C=O) groups excluding carboxylic acids is 1. The highest BCUT2D eigenvalue weighted by molar-refractivity contribution is 5.91. The van der Waals surface area contributed by atoms with Crippen molar-refractivity contribution in [1.29, 1.82) is 0 Å². The van der Waals surface area contributed by atoms with Crippen LogP contribution in [0.25, 0.3) is 0 Å². The van der Waals surface area contributed by atoms with Gasteiger partial charge in [-0.15, -0.1) is 0 Å². The van der Waals surface area contributed by atoms with E-state index in [0.717, 1.165) is 44.5 Å². The van der Waals surface area contributed by atoms with Crippen LogP contribution in [0.5, 0.6) is 0 Å². The second kappa shape index (κ2) is 7.00. The SMILES string of the molecule is CC[C@H](CN1CCCCC1)NC(=O)C1(c2cccc(F)c2)CC1. The van der Waals surface area contributed by atoms with Crippen LogP contribution < -0.4 is 5.32 Å². The second-order valence-corrected chi connectivity index (χ2v) is 7.03. The van der Waals surface area contributed by atoms with Crippen LogP contribution in [-0.2, 0) is 10.2 Å². The van der Waals surface area contributed by atoms with Crippen molar-refractivity contribution in [2.24, 2.45) is 0 Å². The highest BCUT2D eigenvalue weighted by Crippen LogP contribution is 2.48. The maximum absolute atomic E-state index is 13.5. The summed E-state index contributed by atoms with van der Waals surface area (Å²) in [4.78, 5) is 15.3. The lowest BCUT2D eigenvalue weighted by Crippen LogP contribution is -2.48. The monoisotopic (exact) mass is 318 g/mol. The molecule has 4 heteroatoms. The van der Waals surface area contributed by atoms with E-state index in [9.17, 15) is 9.18 Å². The smallest absolute Gasteiger partial charge is 0.230 e. The molecule has 2 aliphatic rings. The number of likely N-dealkylation sites (tertiary alicyclic amines) is 1. The summed E-state index contributed by atoms with van der Waals surface area (Å²) in [6, 6.07) is 6.71. The third-order valence-corrected chi connectivity index (χ3v) is 5.32. The van der Waals surface area contributed by atoms with Gasteiger partial charge >= 0.3 is 0 Å². The molecule has 23 heavy (non-hydrogen) atoms. The Hall–Kier alpha value is -1.42. The predicted octanol–water partition coefficient (Wildman–Crippen LogP) is 3.24. The topological polar surface area (TPSA) is 32.3 Å². The minimum Gasteiger partial charge on any atom is -0.351 e. The average Bonchev–Trinajstić information content (AvgIpc) is 3.37. The number of hydrogen-bond acceptors (Lipinski definition) is 2. The number of benzene rings is 1. The van der Waals surface area contributed by atoms with Gasteiger partial charge in [0, 0.05) is 12.6 Å². The summed E-state index contributed by atoms with van der Waals surface area (Å²) in [5, 5.41) is 3.23. The van der Waals surface area contributed by atoms with E-state index in [0.29, 0.717) is 0 Å². The summed E-state index contributed by atoms with van der Waals surface area (Å²) in [5.41, 5.74) is 0.333. The Kier molecular flexibility index (Phi) is 5.00. The van der Waals surface area contributed by atoms with E-state index in [-0.39, 0.29) is 17.8 Å². The first-order valence-electron chi connectivity index (χ1n) is 8.93. The molecule has 0 spiro atoms. The number of piperidine rings is 1. The van der Waals surface area contributed by atoms with Crippen LogP contribution >= 0.6 is 0 Å². The number of amides is 1. The first-order chi connectivity index (χ1) is 11.1. The fourth-order valence-corrected chi connectivity index (χ4v) is 3.61. The van der Waals surface area contributed by atoms with Crippen molar-refractivity contribution in [2.45, 2.75) is 56.9 Å². The van der Waals surface area contributed by atoms with Crippen molar-refractivity contribution in [3.05, 3.63) is 35.6 Å². The molecule has 0 radical (unpaired) electrons. The molecule has 0 bridgehead atoms. The Balaban J connectivity index is 1.62. The third kappa shape index (κ3) is 3.74. The van der Waals surface area contributed by atoms with Crippen molar-refractivity contribution < 1.29 is 9.18 Å². The maximum Gasteiger partial charge on any atom is 0.230 e. The molecule has 0 aromatic heterocycles. The summed E-state index contributed by atoms with van der Waals surface area (Å²) in [7, 11) is 0. The molecule has 3 rings (SSSR count). The first kappa shape index (κ1) is 16.4. The van der Waals surface area contributed by atoms with Gasteiger partial charge in [-0.3, -0.25) is 4.79 Å². The zero-order chi connectivity index (χ0) is 16.3. The molecule has 2 fully saturated rings. The quantitative estimate of drug-likeness (QED) is 0.873. The van der Waals surface area contributed by atoms with Gasteiger partial charge in [0.25, 0.3) is 0 Å². The van der Waals surface area contributed by atoms with Gasteiger partial charge in [-0.1, -0.05) is 25.5 Å². The minimum atomic E-state index is -0.489. The Morgan fingerprint density at radius 1 is 1.30 bits per heavy atom. The molecule has 1 aliphatic heterocycles. The van der Waals surface area contributed by atoms with Gasteiger partial charge in [-0.25, -0.2) is 4.39 Å². The van der Waals surface area contributed by atoms with Gasteiger partial charge in [0.2, 0.25) is 5.91 Å². The largest absolute Gasteiger partial charge is 0.351 e. The summed E-state index contributed by atoms with van der Waals surface area (Å²) in [5.74, 6) is -0.186. The number of nitrogens with zero attached hydrogens (tertiary/aromatic N) is 1. The fraction of sp³-hybridized carbons (Fsp3) is 0.632. The number of nitrogens with one attached hydrogen (secondary N) is 1. The normalized spacial score (nSPS) is 21.7. The Labute approximate surface area is 138 Å². The number of halogens is 1. The molecular weight excluding hydrogens is 291 g/mol. The molecule has 1 aliphatic carbocycles. The van der Waals surface area contributed by atoms with Gasteiger partial charge in [0.1, 0.15) is 5.82 Å². The van der Waals surface area contributed by atoms with Crippen LogP contribution in [0.1, 0.15) is 51.0 Å². The van der Waals surface area contributed by atoms with Crippen molar-refractivity contribution >= 4 is 5.91 Å². The van der Waals surface area contributed by atoms with Crippen LogP contribution in [0.4, 0.5) is 4.39 Å². The van der Waals surface area contributed by atoms with E-state index < -0.39 is 5.41 Å². The Morgan fingerprint density at radius 3 is 2.65 bits per heavy atom. The van der Waals surface area contributed by atoms with E-state index in [1.165, 1.54) is 31.4 Å². The van der Waals surface area contributed by atoms with Crippen LogP contribution in [0.3, 0.4) is 0 Å². The van der Waals surface area contributed by atoms with Crippen molar-refractivity contribution in [1.82, 2.24) is 10.2 Å². The number of carbonyl (C=O) groups is 1. The van der Waals surface area contributed by atoms with E-state index in [2.05, 4.69) is 17.1 Å². The average molecular weight is 318 g/mol. The Bertz CT molecular complexity index is 550. The third-order valence-electron chi connectivity index (χ3n) is 5.32.